The van der Waals surface area contributed by atoms with Crippen molar-refractivity contribution in [2.45, 2.75) is 26.1 Å². The first-order chi connectivity index (χ1) is 11.6. The summed E-state index contributed by atoms with van der Waals surface area (Å²) in [6, 6.07) is 4.47. The zero-order chi connectivity index (χ0) is 16.9. The van der Waals surface area contributed by atoms with Crippen LogP contribution in [0.15, 0.2) is 29.9 Å². The number of hydrogen-bond donors (Lipinski definition) is 1. The summed E-state index contributed by atoms with van der Waals surface area (Å²) in [5, 5.41) is 5.04. The summed E-state index contributed by atoms with van der Waals surface area (Å²) in [5.74, 6) is 1.19. The van der Waals surface area contributed by atoms with Crippen molar-refractivity contribution in [3.8, 4) is 0 Å². The average molecular weight is 347 g/mol. The molecule has 1 aliphatic rings. The number of carbonyl (C=O) groups excluding carboxylic acids is 1. The Hall–Kier alpha value is -1.70. The number of nitrogens with one attached hydrogen (secondary N) is 1. The van der Waals surface area contributed by atoms with Gasteiger partial charge in [0.25, 0.3) is 0 Å². The van der Waals surface area contributed by atoms with Gasteiger partial charge >= 0.3 is 0 Å². The summed E-state index contributed by atoms with van der Waals surface area (Å²) in [7, 11) is 2.03. The smallest absolute Gasteiger partial charge is 0.234 e. The molecular weight excluding hydrogens is 322 g/mol. The van der Waals surface area contributed by atoms with E-state index in [0.717, 1.165) is 32.0 Å². The molecule has 0 saturated carbocycles. The Morgan fingerprint density at radius 2 is 2.33 bits per heavy atom. The Bertz CT molecular complexity index is 654. The van der Waals surface area contributed by atoms with Crippen LogP contribution in [0.3, 0.4) is 0 Å². The van der Waals surface area contributed by atoms with Crippen LogP contribution in [0.1, 0.15) is 17.6 Å². The Labute approximate surface area is 147 Å². The maximum Gasteiger partial charge on any atom is 0.234 e. The second kappa shape index (κ2) is 7.92. The number of nitrogens with zero attached hydrogens (tertiary/aromatic N) is 4. The van der Waals surface area contributed by atoms with Gasteiger partial charge in [0, 0.05) is 50.0 Å². The minimum atomic E-state index is 0.105. The monoisotopic (exact) mass is 347 g/mol. The third kappa shape index (κ3) is 4.43. The van der Waals surface area contributed by atoms with Crippen molar-refractivity contribution in [2.75, 3.05) is 26.2 Å². The van der Waals surface area contributed by atoms with Crippen molar-refractivity contribution in [1.29, 1.82) is 0 Å². The van der Waals surface area contributed by atoms with E-state index in [0.29, 0.717) is 19.1 Å². The maximum absolute atomic E-state index is 12.1. The number of rotatable bonds is 6. The molecular formula is C17H25N5OS. The van der Waals surface area contributed by atoms with Crippen LogP contribution in [0, 0.1) is 0 Å². The van der Waals surface area contributed by atoms with Gasteiger partial charge < -0.3 is 9.88 Å². The van der Waals surface area contributed by atoms with Crippen molar-refractivity contribution in [1.82, 2.24) is 24.7 Å². The molecule has 130 valence electrons. The second-order valence-corrected chi connectivity index (χ2v) is 7.40. The summed E-state index contributed by atoms with van der Waals surface area (Å²) in [4.78, 5) is 22.4. The van der Waals surface area contributed by atoms with Gasteiger partial charge in [-0.15, -0.1) is 11.3 Å². The third-order valence-electron chi connectivity index (χ3n) is 4.52. The summed E-state index contributed by atoms with van der Waals surface area (Å²) in [6.45, 7) is 6.99. The second-order valence-electron chi connectivity index (χ2n) is 6.37. The van der Waals surface area contributed by atoms with E-state index in [1.807, 2.05) is 37.0 Å². The van der Waals surface area contributed by atoms with Crippen LogP contribution < -0.4 is 5.32 Å². The van der Waals surface area contributed by atoms with Gasteiger partial charge in [-0.05, 0) is 18.4 Å². The zero-order valence-corrected chi connectivity index (χ0v) is 15.1. The van der Waals surface area contributed by atoms with E-state index in [1.54, 1.807) is 11.3 Å². The highest BCUT2D eigenvalue weighted by molar-refractivity contribution is 7.09. The van der Waals surface area contributed by atoms with Gasteiger partial charge in [-0.25, -0.2) is 4.98 Å². The van der Waals surface area contributed by atoms with E-state index in [-0.39, 0.29) is 5.91 Å². The molecule has 3 heterocycles. The fraction of sp³-hybridized carbons (Fsp3) is 0.529. The number of aryl methyl sites for hydroxylation is 1. The van der Waals surface area contributed by atoms with Crippen LogP contribution in [0.2, 0.25) is 0 Å². The molecule has 0 aromatic carbocycles. The fourth-order valence-corrected chi connectivity index (χ4v) is 3.68. The van der Waals surface area contributed by atoms with Gasteiger partial charge in [0.15, 0.2) is 0 Å². The van der Waals surface area contributed by atoms with Crippen molar-refractivity contribution < 1.29 is 4.79 Å². The van der Waals surface area contributed by atoms with Crippen LogP contribution >= 0.6 is 11.3 Å². The molecule has 1 saturated heterocycles. The number of aromatic nitrogens is 2. The Kier molecular flexibility index (Phi) is 5.65. The molecule has 1 N–H and O–H groups in total. The molecule has 2 aromatic rings. The van der Waals surface area contributed by atoms with E-state index < -0.39 is 0 Å². The van der Waals surface area contributed by atoms with Crippen molar-refractivity contribution in [2.24, 2.45) is 7.05 Å². The van der Waals surface area contributed by atoms with Crippen LogP contribution in [-0.2, 0) is 24.9 Å². The van der Waals surface area contributed by atoms with Gasteiger partial charge in [-0.3, -0.25) is 14.6 Å². The minimum Gasteiger partial charge on any atom is -0.350 e. The predicted octanol–water partition coefficient (Wildman–Crippen LogP) is 1.30. The number of carbonyl (C=O) groups is 1. The van der Waals surface area contributed by atoms with Gasteiger partial charge in [-0.1, -0.05) is 6.07 Å². The topological polar surface area (TPSA) is 53.4 Å². The molecule has 0 radical (unpaired) electrons. The molecule has 3 rings (SSSR count). The van der Waals surface area contributed by atoms with Crippen LogP contribution in [0.25, 0.3) is 0 Å². The number of hydrogen-bond acceptors (Lipinski definition) is 5. The molecule has 0 unspecified atom stereocenters. The van der Waals surface area contributed by atoms with E-state index >= 15 is 0 Å². The lowest BCUT2D eigenvalue weighted by Crippen LogP contribution is -2.53. The normalized spacial score (nSPS) is 19.5. The zero-order valence-electron chi connectivity index (χ0n) is 14.3. The number of thiophene rings is 1. The third-order valence-corrected chi connectivity index (χ3v) is 5.40. The molecule has 1 atom stereocenters. The molecule has 1 fully saturated rings. The summed E-state index contributed by atoms with van der Waals surface area (Å²) >= 11 is 1.67. The molecule has 1 amide bonds. The SMILES string of the molecule is C[C@@H]1CN(CC(=O)NCc2cccs2)CCN1Cc1nccn1C. The van der Waals surface area contributed by atoms with Gasteiger partial charge in [0.05, 0.1) is 19.6 Å². The van der Waals surface area contributed by atoms with Crippen LogP contribution in [-0.4, -0.2) is 57.5 Å². The Balaban J connectivity index is 1.43. The largest absolute Gasteiger partial charge is 0.350 e. The summed E-state index contributed by atoms with van der Waals surface area (Å²) in [5.41, 5.74) is 0. The highest BCUT2D eigenvalue weighted by atomic mass is 32.1. The lowest BCUT2D eigenvalue weighted by atomic mass is 10.2. The molecule has 24 heavy (non-hydrogen) atoms. The van der Waals surface area contributed by atoms with E-state index in [1.165, 1.54) is 4.88 Å². The first-order valence-corrected chi connectivity index (χ1v) is 9.21. The first kappa shape index (κ1) is 17.1. The maximum atomic E-state index is 12.1. The molecule has 7 heteroatoms. The van der Waals surface area contributed by atoms with Crippen molar-refractivity contribution in [3.05, 3.63) is 40.6 Å². The van der Waals surface area contributed by atoms with E-state index in [4.69, 9.17) is 0 Å². The standard InChI is InChI=1S/C17H25N5OS/c1-14-11-21(13-17(23)19-10-15-4-3-9-24-15)7-8-22(14)12-16-18-5-6-20(16)2/h3-6,9,14H,7-8,10-13H2,1-2H3,(H,19,23)/t14-/m1/s1. The summed E-state index contributed by atoms with van der Waals surface area (Å²) in [6.07, 6.45) is 3.82. The Morgan fingerprint density at radius 3 is 3.00 bits per heavy atom. The summed E-state index contributed by atoms with van der Waals surface area (Å²) < 4.78 is 2.07. The van der Waals surface area contributed by atoms with Crippen LogP contribution in [0.5, 0.6) is 0 Å². The highest BCUT2D eigenvalue weighted by Gasteiger charge is 2.25. The highest BCUT2D eigenvalue weighted by Crippen LogP contribution is 2.13. The molecule has 6 nitrogen and oxygen atoms in total. The number of imidazole rings is 1. The van der Waals surface area contributed by atoms with Crippen molar-refractivity contribution in [3.63, 3.8) is 0 Å². The van der Waals surface area contributed by atoms with Crippen molar-refractivity contribution >= 4 is 17.2 Å². The molecule has 1 aliphatic heterocycles. The number of amides is 1. The first-order valence-electron chi connectivity index (χ1n) is 8.33. The van der Waals surface area contributed by atoms with E-state index in [2.05, 4.69) is 31.6 Å². The van der Waals surface area contributed by atoms with Gasteiger partial charge in [0.2, 0.25) is 5.91 Å². The number of piperazine rings is 1. The average Bonchev–Trinajstić information content (AvgIpc) is 3.20. The Morgan fingerprint density at radius 1 is 1.46 bits per heavy atom. The molecule has 0 bridgehead atoms. The van der Waals surface area contributed by atoms with Gasteiger partial charge in [0.1, 0.15) is 5.82 Å². The lowest BCUT2D eigenvalue weighted by Gasteiger charge is -2.39. The molecule has 0 spiro atoms. The van der Waals surface area contributed by atoms with E-state index in [9.17, 15) is 4.79 Å². The van der Waals surface area contributed by atoms with Crippen LogP contribution in [0.4, 0.5) is 0 Å². The lowest BCUT2D eigenvalue weighted by molar-refractivity contribution is -0.123. The molecule has 0 aliphatic carbocycles. The van der Waals surface area contributed by atoms with Gasteiger partial charge in [-0.2, -0.15) is 0 Å². The fourth-order valence-electron chi connectivity index (χ4n) is 3.04. The quantitative estimate of drug-likeness (QED) is 0.856. The predicted molar refractivity (Wildman–Crippen MR) is 95.7 cm³/mol. The minimum absolute atomic E-state index is 0.105. The molecule has 2 aromatic heterocycles.